The van der Waals surface area contributed by atoms with E-state index >= 15 is 0 Å². The molecule has 0 spiro atoms. The summed E-state index contributed by atoms with van der Waals surface area (Å²) in [5.74, 6) is 2.96. The molecule has 0 N–H and O–H groups in total. The fourth-order valence-corrected chi connectivity index (χ4v) is 12.8. The minimum atomic E-state index is -0.00233. The van der Waals surface area contributed by atoms with E-state index in [2.05, 4.69) is 13.8 Å². The van der Waals surface area contributed by atoms with E-state index in [1.165, 1.54) is 44.9 Å². The van der Waals surface area contributed by atoms with E-state index in [1.807, 2.05) is 0 Å². The minimum absolute atomic E-state index is 0.00233. The molecule has 15 rings (SSSR count). The van der Waals surface area contributed by atoms with E-state index in [4.69, 9.17) is 52.1 Å². The number of rotatable bonds is 9. The zero-order chi connectivity index (χ0) is 40.9. The van der Waals surface area contributed by atoms with Crippen LogP contribution in [0.5, 0.6) is 0 Å². The summed E-state index contributed by atoms with van der Waals surface area (Å²) in [7, 11) is 0. The summed E-state index contributed by atoms with van der Waals surface area (Å²) >= 11 is 0. The van der Waals surface area contributed by atoms with Gasteiger partial charge in [0.05, 0.1) is 123 Å². The van der Waals surface area contributed by atoms with Crippen molar-refractivity contribution in [3.05, 3.63) is 0 Å². The smallest absolute Gasteiger partial charge is 0.309 e. The van der Waals surface area contributed by atoms with Crippen LogP contribution in [0.4, 0.5) is 0 Å². The van der Waals surface area contributed by atoms with Gasteiger partial charge in [-0.3, -0.25) is 9.59 Å². The SMILES string of the molecule is C1CC2OC2C1OC1CCC2OC12.C1CC2OC2CC1C1CO1.CC1CC2OC2CC1COC(=O)C1CC2OC2CC1C.O=C(OCC1CCC2OC2C1)C1CCC2OC2C1. The second-order valence-electron chi connectivity index (χ2n) is 21.9. The van der Waals surface area contributed by atoms with Crippen molar-refractivity contribution < 1.29 is 61.7 Å². The summed E-state index contributed by atoms with van der Waals surface area (Å²) in [6, 6.07) is 0. The lowest BCUT2D eigenvalue weighted by Crippen LogP contribution is -2.33. The molecule has 13 heteroatoms. The zero-order valence-electron chi connectivity index (χ0n) is 36.3. The Morgan fingerprint density at radius 1 is 0.459 bits per heavy atom. The fourth-order valence-electron chi connectivity index (χ4n) is 12.8. The number of fused-ring (bicyclic) bond motifs is 7. The third-order valence-electron chi connectivity index (χ3n) is 17.5. The van der Waals surface area contributed by atoms with E-state index in [-0.39, 0.29) is 23.8 Å². The molecule has 61 heavy (non-hydrogen) atoms. The third-order valence-corrected chi connectivity index (χ3v) is 17.5. The summed E-state index contributed by atoms with van der Waals surface area (Å²) in [6.07, 6.45) is 27.1. The summed E-state index contributed by atoms with van der Waals surface area (Å²) in [5.41, 5.74) is 0. The van der Waals surface area contributed by atoms with Crippen molar-refractivity contribution in [2.75, 3.05) is 19.8 Å². The van der Waals surface area contributed by atoms with Gasteiger partial charge in [-0.2, -0.15) is 0 Å². The molecule has 24 unspecified atom stereocenters. The Bertz CT molecular complexity index is 1580. The Hall–Kier alpha value is -1.42. The van der Waals surface area contributed by atoms with Gasteiger partial charge in [-0.25, -0.2) is 0 Å². The maximum absolute atomic E-state index is 12.3. The first kappa shape index (κ1) is 41.0. The van der Waals surface area contributed by atoms with Crippen LogP contribution in [0.15, 0.2) is 0 Å². The normalized spacial score (nSPS) is 54.3. The van der Waals surface area contributed by atoms with Crippen LogP contribution in [0.2, 0.25) is 0 Å². The molecule has 0 radical (unpaired) electrons. The summed E-state index contributed by atoms with van der Waals surface area (Å²) < 4.78 is 60.8. The molecule has 0 aromatic rings. The Labute approximate surface area is 360 Å². The van der Waals surface area contributed by atoms with Crippen LogP contribution in [0.1, 0.15) is 123 Å². The highest BCUT2D eigenvalue weighted by molar-refractivity contribution is 5.73. The van der Waals surface area contributed by atoms with Crippen molar-refractivity contribution in [3.63, 3.8) is 0 Å². The first-order chi connectivity index (χ1) is 29.8. The Kier molecular flexibility index (Phi) is 11.3. The molecule has 8 heterocycles. The van der Waals surface area contributed by atoms with E-state index in [9.17, 15) is 9.59 Å². The van der Waals surface area contributed by atoms with Gasteiger partial charge >= 0.3 is 11.9 Å². The number of ether oxygens (including phenoxy) is 11. The lowest BCUT2D eigenvalue weighted by molar-refractivity contribution is -0.153. The van der Waals surface area contributed by atoms with Gasteiger partial charge in [-0.15, -0.1) is 0 Å². The van der Waals surface area contributed by atoms with Gasteiger partial charge in [0.25, 0.3) is 0 Å². The Balaban J connectivity index is 0.0000000896. The van der Waals surface area contributed by atoms with Gasteiger partial charge in [0.15, 0.2) is 0 Å². The largest absolute Gasteiger partial charge is 0.465 e. The van der Waals surface area contributed by atoms with Crippen LogP contribution in [0.3, 0.4) is 0 Å². The lowest BCUT2D eigenvalue weighted by atomic mass is 9.80. The van der Waals surface area contributed by atoms with E-state index in [0.29, 0.717) is 141 Å². The van der Waals surface area contributed by atoms with Crippen molar-refractivity contribution in [1.29, 1.82) is 0 Å². The molecule has 7 aliphatic carbocycles. The summed E-state index contributed by atoms with van der Waals surface area (Å²) in [5, 5.41) is 0. The lowest BCUT2D eigenvalue weighted by Gasteiger charge is -2.28. The van der Waals surface area contributed by atoms with E-state index in [0.717, 1.165) is 76.7 Å². The Morgan fingerprint density at radius 2 is 1.00 bits per heavy atom. The molecule has 15 aliphatic rings. The highest BCUT2D eigenvalue weighted by Gasteiger charge is 2.57. The van der Waals surface area contributed by atoms with E-state index < -0.39 is 0 Å². The average Bonchev–Trinajstić information content (AvgIpc) is 4.04. The van der Waals surface area contributed by atoms with E-state index in [1.54, 1.807) is 0 Å². The second kappa shape index (κ2) is 16.8. The third kappa shape index (κ3) is 9.77. The van der Waals surface area contributed by atoms with Crippen LogP contribution < -0.4 is 0 Å². The standard InChI is InChI=1S/C16H24O4.C14H20O4.C10H14O3.C8H12O2/c1-8-3-12-14(19-12)5-10(8)7-18-16(17)11-6-15-13(20-15)4-9(11)2;15-14(9-2-4-11-13(6-9)18-11)16-7-8-1-3-10-12(5-8)17-10;1-3-7-9(12-7)5(1)11-6-2-4-8-10(6)13-8;1-2-6-7(10-6)3-5(1)8-4-9-8/h8-15H,3-7H2,1-2H3;8-13H,1-7H2;5-10H,1-4H2;5-8H,1-4H2. The maximum Gasteiger partial charge on any atom is 0.309 e. The molecule has 0 aromatic heterocycles. The van der Waals surface area contributed by atoms with Crippen LogP contribution >= 0.6 is 0 Å². The summed E-state index contributed by atoms with van der Waals surface area (Å²) in [4.78, 5) is 24.3. The number of epoxide rings is 8. The number of carbonyl (C=O) groups excluding carboxylic acids is 2. The number of hydrogen-bond acceptors (Lipinski definition) is 13. The molecule has 15 fully saturated rings. The van der Waals surface area contributed by atoms with Crippen molar-refractivity contribution in [2.24, 2.45) is 41.4 Å². The maximum atomic E-state index is 12.3. The van der Waals surface area contributed by atoms with Gasteiger partial charge in [-0.1, -0.05) is 13.8 Å². The highest BCUT2D eigenvalue weighted by Crippen LogP contribution is 2.48. The van der Waals surface area contributed by atoms with Crippen LogP contribution in [-0.4, -0.2) is 136 Å². The molecular formula is C48H70O13. The molecule has 13 nitrogen and oxygen atoms in total. The fraction of sp³-hybridized carbons (Fsp3) is 0.958. The minimum Gasteiger partial charge on any atom is -0.465 e. The number of hydrogen-bond donors (Lipinski definition) is 0. The molecule has 340 valence electrons. The molecular weight excluding hydrogens is 785 g/mol. The number of esters is 2. The molecule has 8 aliphatic heterocycles. The van der Waals surface area contributed by atoms with Crippen LogP contribution in [0, 0.1) is 41.4 Å². The van der Waals surface area contributed by atoms with Gasteiger partial charge in [0.2, 0.25) is 0 Å². The Morgan fingerprint density at radius 3 is 1.61 bits per heavy atom. The topological polar surface area (TPSA) is 162 Å². The first-order valence-corrected chi connectivity index (χ1v) is 24.9. The molecule has 0 amide bonds. The molecule has 8 saturated heterocycles. The van der Waals surface area contributed by atoms with Gasteiger partial charge in [-0.05, 0) is 139 Å². The van der Waals surface area contributed by atoms with Crippen molar-refractivity contribution >= 4 is 11.9 Å². The van der Waals surface area contributed by atoms with Crippen molar-refractivity contribution in [1.82, 2.24) is 0 Å². The van der Waals surface area contributed by atoms with Crippen molar-refractivity contribution in [2.45, 2.75) is 227 Å². The predicted octanol–water partition coefficient (Wildman–Crippen LogP) is 5.64. The van der Waals surface area contributed by atoms with Gasteiger partial charge in [0.1, 0.15) is 12.2 Å². The second-order valence-corrected chi connectivity index (χ2v) is 21.9. The number of carbonyl (C=O) groups is 2. The first-order valence-electron chi connectivity index (χ1n) is 24.9. The van der Waals surface area contributed by atoms with Crippen LogP contribution in [0.25, 0.3) is 0 Å². The molecule has 0 aromatic carbocycles. The zero-order valence-corrected chi connectivity index (χ0v) is 36.3. The van der Waals surface area contributed by atoms with Crippen molar-refractivity contribution in [3.8, 4) is 0 Å². The van der Waals surface area contributed by atoms with Gasteiger partial charge in [0, 0.05) is 0 Å². The summed E-state index contributed by atoms with van der Waals surface area (Å²) in [6.45, 7) is 6.58. The average molecular weight is 855 g/mol. The molecule has 24 atom stereocenters. The monoisotopic (exact) mass is 854 g/mol. The van der Waals surface area contributed by atoms with Gasteiger partial charge < -0.3 is 52.1 Å². The highest BCUT2D eigenvalue weighted by atomic mass is 16.7. The molecule has 7 saturated carbocycles. The predicted molar refractivity (Wildman–Crippen MR) is 215 cm³/mol. The molecule has 0 bridgehead atoms. The van der Waals surface area contributed by atoms with Crippen LogP contribution in [-0.2, 0) is 61.7 Å². The quantitative estimate of drug-likeness (QED) is 0.207.